The topological polar surface area (TPSA) is 55.8 Å². The number of carboxylic acid groups (broad SMARTS) is 1. The van der Waals surface area contributed by atoms with E-state index in [2.05, 4.69) is 0 Å². The van der Waals surface area contributed by atoms with Crippen molar-refractivity contribution in [1.29, 1.82) is 0 Å². The Bertz CT molecular complexity index is 386. The van der Waals surface area contributed by atoms with Crippen LogP contribution in [0.5, 0.6) is 5.75 Å². The maximum atomic E-state index is 10.9. The highest BCUT2D eigenvalue weighted by molar-refractivity contribution is 5.91. The summed E-state index contributed by atoms with van der Waals surface area (Å²) in [5.41, 5.74) is 1.12. The molecule has 2 rings (SSSR count). The van der Waals surface area contributed by atoms with Gasteiger partial charge in [0, 0.05) is 13.5 Å². The second-order valence-electron chi connectivity index (χ2n) is 3.47. The fourth-order valence-electron chi connectivity index (χ4n) is 1.72. The number of methoxy groups -OCH3 is 1. The maximum absolute atomic E-state index is 10.9. The highest BCUT2D eigenvalue weighted by Gasteiger charge is 2.23. The van der Waals surface area contributed by atoms with Gasteiger partial charge in [0.25, 0.3) is 0 Å². The van der Waals surface area contributed by atoms with Crippen molar-refractivity contribution < 1.29 is 19.4 Å². The summed E-state index contributed by atoms with van der Waals surface area (Å²) in [7, 11) is 1.63. The number of hydrogen-bond acceptors (Lipinski definition) is 3. The molecule has 0 radical (unpaired) electrons. The number of aromatic carboxylic acids is 1. The van der Waals surface area contributed by atoms with Gasteiger partial charge in [0.2, 0.25) is 0 Å². The zero-order valence-electron chi connectivity index (χ0n) is 8.40. The van der Waals surface area contributed by atoms with E-state index in [1.807, 2.05) is 6.07 Å². The first-order chi connectivity index (χ1) is 7.22. The average Bonchev–Trinajstić information content (AvgIpc) is 2.27. The molecule has 4 nitrogen and oxygen atoms in total. The van der Waals surface area contributed by atoms with Crippen molar-refractivity contribution in [3.63, 3.8) is 0 Å². The molecule has 0 fully saturated rings. The van der Waals surface area contributed by atoms with Crippen molar-refractivity contribution in [3.05, 3.63) is 29.3 Å². The second kappa shape index (κ2) is 3.90. The van der Waals surface area contributed by atoms with E-state index in [0.29, 0.717) is 18.8 Å². The lowest BCUT2D eigenvalue weighted by Gasteiger charge is -2.25. The Morgan fingerprint density at radius 3 is 3.07 bits per heavy atom. The predicted molar refractivity (Wildman–Crippen MR) is 53.4 cm³/mol. The molecule has 15 heavy (non-hydrogen) atoms. The largest absolute Gasteiger partial charge is 0.490 e. The van der Waals surface area contributed by atoms with Crippen LogP contribution in [0, 0.1) is 0 Å². The molecule has 1 heterocycles. The number of rotatable bonds is 2. The molecule has 1 atom stereocenters. The van der Waals surface area contributed by atoms with Gasteiger partial charge in [-0.1, -0.05) is 12.1 Å². The van der Waals surface area contributed by atoms with Gasteiger partial charge in [-0.15, -0.1) is 0 Å². The molecule has 0 saturated heterocycles. The van der Waals surface area contributed by atoms with Crippen molar-refractivity contribution in [1.82, 2.24) is 0 Å². The zero-order chi connectivity index (χ0) is 10.8. The summed E-state index contributed by atoms with van der Waals surface area (Å²) in [4.78, 5) is 10.9. The van der Waals surface area contributed by atoms with Gasteiger partial charge in [-0.05, 0) is 11.6 Å². The first-order valence-electron chi connectivity index (χ1n) is 4.73. The van der Waals surface area contributed by atoms with E-state index < -0.39 is 5.97 Å². The van der Waals surface area contributed by atoms with Crippen LogP contribution < -0.4 is 4.74 Å². The lowest BCUT2D eigenvalue weighted by molar-refractivity contribution is 0.0448. The first-order valence-corrected chi connectivity index (χ1v) is 4.73. The van der Waals surface area contributed by atoms with Crippen LogP contribution in [-0.2, 0) is 11.2 Å². The third kappa shape index (κ3) is 1.80. The fraction of sp³-hybridized carbons (Fsp3) is 0.364. The summed E-state index contributed by atoms with van der Waals surface area (Å²) < 4.78 is 10.6. The van der Waals surface area contributed by atoms with E-state index in [1.165, 1.54) is 0 Å². The summed E-state index contributed by atoms with van der Waals surface area (Å²) >= 11 is 0. The summed E-state index contributed by atoms with van der Waals surface area (Å²) in [6, 6.07) is 5.14. The van der Waals surface area contributed by atoms with Crippen molar-refractivity contribution in [2.24, 2.45) is 0 Å². The zero-order valence-corrected chi connectivity index (χ0v) is 8.40. The van der Waals surface area contributed by atoms with E-state index in [0.717, 1.165) is 5.56 Å². The first kappa shape index (κ1) is 9.98. The molecule has 0 saturated carbocycles. The Hall–Kier alpha value is -1.55. The molecule has 0 bridgehead atoms. The van der Waals surface area contributed by atoms with E-state index in [-0.39, 0.29) is 11.7 Å². The Morgan fingerprint density at radius 2 is 2.40 bits per heavy atom. The molecular formula is C11H12O4. The lowest BCUT2D eigenvalue weighted by Crippen LogP contribution is -2.28. The van der Waals surface area contributed by atoms with Crippen LogP contribution in [0.25, 0.3) is 0 Å². The van der Waals surface area contributed by atoms with Crippen LogP contribution in [0.3, 0.4) is 0 Å². The lowest BCUT2D eigenvalue weighted by atomic mass is 10.0. The number of carbonyl (C=O) groups is 1. The number of hydrogen-bond donors (Lipinski definition) is 1. The monoisotopic (exact) mass is 208 g/mol. The summed E-state index contributed by atoms with van der Waals surface area (Å²) in [5.74, 6) is -0.471. The molecule has 1 aromatic carbocycles. The van der Waals surface area contributed by atoms with Crippen molar-refractivity contribution >= 4 is 5.97 Å². The van der Waals surface area contributed by atoms with Gasteiger partial charge in [-0.25, -0.2) is 4.79 Å². The molecule has 1 aromatic rings. The molecule has 4 heteroatoms. The van der Waals surface area contributed by atoms with E-state index >= 15 is 0 Å². The van der Waals surface area contributed by atoms with Gasteiger partial charge < -0.3 is 14.6 Å². The third-order valence-corrected chi connectivity index (χ3v) is 2.52. The molecular weight excluding hydrogens is 196 g/mol. The van der Waals surface area contributed by atoms with Crippen molar-refractivity contribution in [2.45, 2.75) is 12.5 Å². The summed E-state index contributed by atoms with van der Waals surface area (Å²) in [6.45, 7) is 0.411. The number of para-hydroxylation sites is 1. The Kier molecular flexibility index (Phi) is 2.60. The summed E-state index contributed by atoms with van der Waals surface area (Å²) in [5, 5.41) is 8.95. The van der Waals surface area contributed by atoms with Crippen LogP contribution in [-0.4, -0.2) is 30.9 Å². The quantitative estimate of drug-likeness (QED) is 0.796. The SMILES string of the molecule is COC1COc2c(cccc2C(=O)O)C1. The Labute approximate surface area is 87.4 Å². The smallest absolute Gasteiger partial charge is 0.339 e. The van der Waals surface area contributed by atoms with Gasteiger partial charge in [0.05, 0.1) is 6.10 Å². The molecule has 0 aliphatic carbocycles. The number of fused-ring (bicyclic) bond motifs is 1. The summed E-state index contributed by atoms with van der Waals surface area (Å²) in [6.07, 6.45) is 0.717. The van der Waals surface area contributed by atoms with Gasteiger partial charge in [-0.3, -0.25) is 0 Å². The third-order valence-electron chi connectivity index (χ3n) is 2.52. The van der Waals surface area contributed by atoms with E-state index in [4.69, 9.17) is 14.6 Å². The second-order valence-corrected chi connectivity index (χ2v) is 3.47. The van der Waals surface area contributed by atoms with Crippen LogP contribution in [0.2, 0.25) is 0 Å². The minimum absolute atomic E-state index is 0.0153. The van der Waals surface area contributed by atoms with Crippen molar-refractivity contribution in [3.8, 4) is 5.75 Å². The normalized spacial score (nSPS) is 19.1. The molecule has 1 N–H and O–H groups in total. The Balaban J connectivity index is 2.37. The van der Waals surface area contributed by atoms with Crippen molar-refractivity contribution in [2.75, 3.05) is 13.7 Å². The maximum Gasteiger partial charge on any atom is 0.339 e. The molecule has 0 spiro atoms. The standard InChI is InChI=1S/C11H12O4/c1-14-8-5-7-3-2-4-9(11(12)13)10(7)15-6-8/h2-4,8H,5-6H2,1H3,(H,12,13). The molecule has 1 unspecified atom stereocenters. The van der Waals surface area contributed by atoms with Crippen LogP contribution in [0.1, 0.15) is 15.9 Å². The van der Waals surface area contributed by atoms with Crippen LogP contribution in [0.4, 0.5) is 0 Å². The van der Waals surface area contributed by atoms with Gasteiger partial charge in [0.1, 0.15) is 17.9 Å². The highest BCUT2D eigenvalue weighted by Crippen LogP contribution is 2.29. The number of ether oxygens (including phenoxy) is 2. The molecule has 80 valence electrons. The average molecular weight is 208 g/mol. The molecule has 1 aliphatic heterocycles. The van der Waals surface area contributed by atoms with Crippen LogP contribution >= 0.6 is 0 Å². The number of carboxylic acids is 1. The van der Waals surface area contributed by atoms with Gasteiger partial charge >= 0.3 is 5.97 Å². The molecule has 1 aliphatic rings. The van der Waals surface area contributed by atoms with E-state index in [1.54, 1.807) is 19.2 Å². The fourth-order valence-corrected chi connectivity index (χ4v) is 1.72. The highest BCUT2D eigenvalue weighted by atomic mass is 16.5. The minimum Gasteiger partial charge on any atom is -0.490 e. The van der Waals surface area contributed by atoms with E-state index in [9.17, 15) is 4.79 Å². The van der Waals surface area contributed by atoms with Gasteiger partial charge in [-0.2, -0.15) is 0 Å². The van der Waals surface area contributed by atoms with Crippen LogP contribution in [0.15, 0.2) is 18.2 Å². The Morgan fingerprint density at radius 1 is 1.60 bits per heavy atom. The number of benzene rings is 1. The predicted octanol–water partition coefficient (Wildman–Crippen LogP) is 1.33. The minimum atomic E-state index is -0.956. The molecule has 0 amide bonds. The van der Waals surface area contributed by atoms with Gasteiger partial charge in [0.15, 0.2) is 0 Å². The molecule has 0 aromatic heterocycles.